The molecule has 144 valence electrons. The number of hydrogen-bond acceptors (Lipinski definition) is 4. The van der Waals surface area contributed by atoms with Crippen LogP contribution in [0.1, 0.15) is 55.2 Å². The average Bonchev–Trinajstić information content (AvgIpc) is 2.75. The number of aryl methyl sites for hydroxylation is 1. The number of fused-ring (bicyclic) bond motifs is 1. The van der Waals surface area contributed by atoms with E-state index >= 15 is 0 Å². The third-order valence-corrected chi connectivity index (χ3v) is 5.37. The summed E-state index contributed by atoms with van der Waals surface area (Å²) in [5.74, 6) is 0.683. The Balaban J connectivity index is 1.63. The van der Waals surface area contributed by atoms with Crippen LogP contribution in [0.3, 0.4) is 0 Å². The maximum Gasteiger partial charge on any atom is 0.289 e. The standard InChI is InChI=1S/C23H26N4O/c1-2-16-12-14-18(15-13-16)24-21-19-10-6-7-11-20(19)26-22(27-21)23(28)25-17-8-4-3-5-9-17/h6-7,10-15,17H,2-5,8-9H2,1H3,(H,25,28)(H,24,26,27). The summed E-state index contributed by atoms with van der Waals surface area (Å²) in [5, 5.41) is 7.38. The molecule has 2 N–H and O–H groups in total. The molecule has 0 saturated heterocycles. The smallest absolute Gasteiger partial charge is 0.289 e. The Hall–Kier alpha value is -2.95. The Morgan fingerprint density at radius 3 is 2.50 bits per heavy atom. The lowest BCUT2D eigenvalue weighted by Gasteiger charge is -2.22. The van der Waals surface area contributed by atoms with Gasteiger partial charge in [0.2, 0.25) is 5.82 Å². The monoisotopic (exact) mass is 374 g/mol. The number of para-hydroxylation sites is 1. The Morgan fingerprint density at radius 2 is 1.75 bits per heavy atom. The Morgan fingerprint density at radius 1 is 1.00 bits per heavy atom. The van der Waals surface area contributed by atoms with Crippen molar-refractivity contribution in [2.75, 3.05) is 5.32 Å². The van der Waals surface area contributed by atoms with Crippen LogP contribution in [-0.2, 0) is 6.42 Å². The van der Waals surface area contributed by atoms with E-state index in [0.29, 0.717) is 5.82 Å². The van der Waals surface area contributed by atoms with Crippen LogP contribution in [0.25, 0.3) is 10.9 Å². The Bertz CT molecular complexity index is 962. The number of benzene rings is 2. The van der Waals surface area contributed by atoms with Gasteiger partial charge < -0.3 is 10.6 Å². The SMILES string of the molecule is CCc1ccc(Nc2nc(C(=O)NC3CCCCC3)nc3ccccc23)cc1. The quantitative estimate of drug-likeness (QED) is 0.660. The van der Waals surface area contributed by atoms with Crippen molar-refractivity contribution in [3.63, 3.8) is 0 Å². The molecule has 1 heterocycles. The van der Waals surface area contributed by atoms with Crippen molar-refractivity contribution >= 4 is 28.3 Å². The van der Waals surface area contributed by atoms with E-state index in [9.17, 15) is 4.79 Å². The molecule has 1 aliphatic rings. The number of nitrogens with one attached hydrogen (secondary N) is 2. The number of amides is 1. The number of nitrogens with zero attached hydrogens (tertiary/aromatic N) is 2. The normalized spacial score (nSPS) is 14.8. The van der Waals surface area contributed by atoms with Gasteiger partial charge >= 0.3 is 0 Å². The lowest BCUT2D eigenvalue weighted by atomic mass is 9.95. The van der Waals surface area contributed by atoms with Crippen molar-refractivity contribution in [3.8, 4) is 0 Å². The predicted octanol–water partition coefficient (Wildman–Crippen LogP) is 5.00. The third-order valence-electron chi connectivity index (χ3n) is 5.37. The van der Waals surface area contributed by atoms with Crippen LogP contribution in [-0.4, -0.2) is 21.9 Å². The van der Waals surface area contributed by atoms with Crippen molar-refractivity contribution in [3.05, 3.63) is 59.9 Å². The molecule has 1 saturated carbocycles. The van der Waals surface area contributed by atoms with E-state index in [0.717, 1.165) is 35.9 Å². The fourth-order valence-corrected chi connectivity index (χ4v) is 3.73. The number of hydrogen-bond donors (Lipinski definition) is 2. The molecule has 2 aromatic carbocycles. The van der Waals surface area contributed by atoms with Gasteiger partial charge in [0.15, 0.2) is 0 Å². The summed E-state index contributed by atoms with van der Waals surface area (Å²) in [6.07, 6.45) is 6.67. The molecule has 0 unspecified atom stereocenters. The van der Waals surface area contributed by atoms with Crippen LogP contribution in [0.15, 0.2) is 48.5 Å². The largest absolute Gasteiger partial charge is 0.347 e. The van der Waals surface area contributed by atoms with E-state index in [-0.39, 0.29) is 17.8 Å². The molecule has 0 spiro atoms. The third kappa shape index (κ3) is 4.14. The highest BCUT2D eigenvalue weighted by molar-refractivity contribution is 5.97. The first-order valence-electron chi connectivity index (χ1n) is 10.2. The van der Waals surface area contributed by atoms with Crippen LogP contribution in [0.2, 0.25) is 0 Å². The highest BCUT2D eigenvalue weighted by atomic mass is 16.2. The molecule has 0 bridgehead atoms. The maximum atomic E-state index is 12.8. The Labute approximate surface area is 165 Å². The van der Waals surface area contributed by atoms with Crippen molar-refractivity contribution in [1.82, 2.24) is 15.3 Å². The van der Waals surface area contributed by atoms with Gasteiger partial charge in [-0.15, -0.1) is 0 Å². The minimum absolute atomic E-state index is 0.193. The molecule has 0 aliphatic heterocycles. The van der Waals surface area contributed by atoms with Gasteiger partial charge in [0.25, 0.3) is 5.91 Å². The van der Waals surface area contributed by atoms with Crippen LogP contribution in [0, 0.1) is 0 Å². The molecule has 0 radical (unpaired) electrons. The summed E-state index contributed by atoms with van der Waals surface area (Å²) in [7, 11) is 0. The summed E-state index contributed by atoms with van der Waals surface area (Å²) in [6.45, 7) is 2.14. The van der Waals surface area contributed by atoms with Crippen LogP contribution in [0.5, 0.6) is 0 Å². The van der Waals surface area contributed by atoms with Gasteiger partial charge in [0.05, 0.1) is 5.52 Å². The molecule has 4 rings (SSSR count). The second-order valence-electron chi connectivity index (χ2n) is 7.40. The summed E-state index contributed by atoms with van der Waals surface area (Å²) >= 11 is 0. The second-order valence-corrected chi connectivity index (χ2v) is 7.40. The van der Waals surface area contributed by atoms with Gasteiger partial charge in [-0.25, -0.2) is 9.97 Å². The van der Waals surface area contributed by atoms with E-state index < -0.39 is 0 Å². The van der Waals surface area contributed by atoms with Gasteiger partial charge in [0, 0.05) is 17.1 Å². The molecule has 3 aromatic rings. The molecular weight excluding hydrogens is 348 g/mol. The lowest BCUT2D eigenvalue weighted by Crippen LogP contribution is -2.37. The molecule has 1 aliphatic carbocycles. The van der Waals surface area contributed by atoms with Gasteiger partial charge in [-0.2, -0.15) is 0 Å². The van der Waals surface area contributed by atoms with E-state index in [4.69, 9.17) is 0 Å². The number of aromatic nitrogens is 2. The summed E-state index contributed by atoms with van der Waals surface area (Å²) in [6, 6.07) is 16.3. The first-order chi connectivity index (χ1) is 13.7. The predicted molar refractivity (Wildman–Crippen MR) is 113 cm³/mol. The van der Waals surface area contributed by atoms with Gasteiger partial charge in [-0.1, -0.05) is 50.5 Å². The minimum Gasteiger partial charge on any atom is -0.347 e. The summed E-state index contributed by atoms with van der Waals surface area (Å²) in [4.78, 5) is 21.9. The summed E-state index contributed by atoms with van der Waals surface area (Å²) in [5.41, 5.74) is 2.99. The fraction of sp³-hybridized carbons (Fsp3) is 0.348. The first-order valence-corrected chi connectivity index (χ1v) is 10.2. The fourth-order valence-electron chi connectivity index (χ4n) is 3.73. The number of carbonyl (C=O) groups is 1. The molecule has 5 heteroatoms. The molecule has 1 aromatic heterocycles. The van der Waals surface area contributed by atoms with Crippen LogP contribution < -0.4 is 10.6 Å². The first kappa shape index (κ1) is 18.4. The zero-order chi connectivity index (χ0) is 19.3. The molecule has 1 fully saturated rings. The van der Waals surface area contributed by atoms with Crippen LogP contribution in [0.4, 0.5) is 11.5 Å². The van der Waals surface area contributed by atoms with Crippen molar-refractivity contribution in [2.45, 2.75) is 51.5 Å². The lowest BCUT2D eigenvalue weighted by molar-refractivity contribution is 0.0917. The zero-order valence-electron chi connectivity index (χ0n) is 16.2. The molecule has 5 nitrogen and oxygen atoms in total. The molecule has 0 atom stereocenters. The van der Waals surface area contributed by atoms with Crippen LogP contribution >= 0.6 is 0 Å². The van der Waals surface area contributed by atoms with Gasteiger partial charge in [-0.3, -0.25) is 4.79 Å². The molecule has 28 heavy (non-hydrogen) atoms. The average molecular weight is 374 g/mol. The maximum absolute atomic E-state index is 12.8. The second kappa shape index (κ2) is 8.38. The number of carbonyl (C=O) groups excluding carboxylic acids is 1. The zero-order valence-corrected chi connectivity index (χ0v) is 16.2. The summed E-state index contributed by atoms with van der Waals surface area (Å²) < 4.78 is 0. The number of anilines is 2. The van der Waals surface area contributed by atoms with Gasteiger partial charge in [0.1, 0.15) is 5.82 Å². The molecular formula is C23H26N4O. The topological polar surface area (TPSA) is 66.9 Å². The van der Waals surface area contributed by atoms with Crippen molar-refractivity contribution < 1.29 is 4.79 Å². The minimum atomic E-state index is -0.193. The Kier molecular flexibility index (Phi) is 5.51. The van der Waals surface area contributed by atoms with E-state index in [1.54, 1.807) is 0 Å². The van der Waals surface area contributed by atoms with Crippen molar-refractivity contribution in [2.24, 2.45) is 0 Å². The molecule has 1 amide bonds. The highest BCUT2D eigenvalue weighted by Crippen LogP contribution is 2.24. The van der Waals surface area contributed by atoms with E-state index in [1.165, 1.54) is 24.8 Å². The number of rotatable bonds is 5. The van der Waals surface area contributed by atoms with Crippen molar-refractivity contribution in [1.29, 1.82) is 0 Å². The van der Waals surface area contributed by atoms with E-state index in [2.05, 4.69) is 39.7 Å². The highest BCUT2D eigenvalue weighted by Gasteiger charge is 2.19. The van der Waals surface area contributed by atoms with E-state index in [1.807, 2.05) is 36.4 Å². The van der Waals surface area contributed by atoms with Gasteiger partial charge in [-0.05, 0) is 49.1 Å².